The van der Waals surface area contributed by atoms with Crippen LogP contribution in [-0.4, -0.2) is 48.3 Å². The molecular weight excluding hydrogens is 238 g/mol. The second-order valence-corrected chi connectivity index (χ2v) is 5.53. The molecule has 2 rings (SSSR count). The summed E-state index contributed by atoms with van der Waals surface area (Å²) in [5, 5.41) is 9.05. The number of rotatable bonds is 2. The molecule has 1 aliphatic heterocycles. The predicted molar refractivity (Wildman–Crippen MR) is 66.5 cm³/mol. The summed E-state index contributed by atoms with van der Waals surface area (Å²) in [5.41, 5.74) is 1.16. The Labute approximate surface area is 105 Å². The van der Waals surface area contributed by atoms with Crippen LogP contribution in [0.2, 0.25) is 0 Å². The third-order valence-electron chi connectivity index (χ3n) is 3.01. The van der Waals surface area contributed by atoms with E-state index in [2.05, 4.69) is 0 Å². The predicted octanol–water partition coefficient (Wildman–Crippen LogP) is 1.20. The van der Waals surface area contributed by atoms with Crippen LogP contribution in [0.1, 0.15) is 20.1 Å². The van der Waals surface area contributed by atoms with Gasteiger partial charge in [-0.05, 0) is 25.5 Å². The molecule has 1 fully saturated rings. The fourth-order valence-electron chi connectivity index (χ4n) is 1.85. The van der Waals surface area contributed by atoms with Crippen molar-refractivity contribution in [1.29, 1.82) is 0 Å². The van der Waals surface area contributed by atoms with Crippen LogP contribution < -0.4 is 0 Å². The first kappa shape index (κ1) is 12.5. The molecule has 94 valence electrons. The minimum Gasteiger partial charge on any atom is -0.394 e. The van der Waals surface area contributed by atoms with Crippen LogP contribution in [0.3, 0.4) is 0 Å². The van der Waals surface area contributed by atoms with Crippen LogP contribution in [0, 0.1) is 13.8 Å². The average molecular weight is 255 g/mol. The standard InChI is InChI=1S/C12H17NO3S/c1-8-5-11(17-9(8)2)12(15)13-3-4-16-10(6-13)7-14/h5,10,14H,3-4,6-7H2,1-2H3. The van der Waals surface area contributed by atoms with Crippen LogP contribution in [0.25, 0.3) is 0 Å². The van der Waals surface area contributed by atoms with Gasteiger partial charge >= 0.3 is 0 Å². The molecule has 1 N–H and O–H groups in total. The Bertz CT molecular complexity index is 396. The van der Waals surface area contributed by atoms with Crippen LogP contribution in [-0.2, 0) is 4.74 Å². The third kappa shape index (κ3) is 2.68. The molecule has 0 radical (unpaired) electrons. The monoisotopic (exact) mass is 255 g/mol. The summed E-state index contributed by atoms with van der Waals surface area (Å²) in [6, 6.07) is 1.94. The Balaban J connectivity index is 2.09. The summed E-state index contributed by atoms with van der Waals surface area (Å²) in [6.07, 6.45) is -0.241. The molecule has 17 heavy (non-hydrogen) atoms. The van der Waals surface area contributed by atoms with Gasteiger partial charge in [0.05, 0.1) is 24.2 Å². The van der Waals surface area contributed by atoms with Crippen LogP contribution in [0.4, 0.5) is 0 Å². The van der Waals surface area contributed by atoms with Crippen molar-refractivity contribution in [3.63, 3.8) is 0 Å². The van der Waals surface area contributed by atoms with Crippen molar-refractivity contribution < 1.29 is 14.6 Å². The van der Waals surface area contributed by atoms with Crippen molar-refractivity contribution in [2.75, 3.05) is 26.3 Å². The van der Waals surface area contributed by atoms with E-state index in [-0.39, 0.29) is 18.6 Å². The van der Waals surface area contributed by atoms with Crippen LogP contribution in [0.5, 0.6) is 0 Å². The number of thiophene rings is 1. The van der Waals surface area contributed by atoms with Gasteiger partial charge in [-0.3, -0.25) is 4.79 Å². The smallest absolute Gasteiger partial charge is 0.264 e. The summed E-state index contributed by atoms with van der Waals surface area (Å²) in [4.78, 5) is 15.9. The minimum atomic E-state index is -0.241. The zero-order valence-electron chi connectivity index (χ0n) is 10.1. The van der Waals surface area contributed by atoms with E-state index in [0.29, 0.717) is 19.7 Å². The number of morpholine rings is 1. The van der Waals surface area contributed by atoms with Gasteiger partial charge in [-0.25, -0.2) is 0 Å². The van der Waals surface area contributed by atoms with Gasteiger partial charge in [0.2, 0.25) is 0 Å². The van der Waals surface area contributed by atoms with Crippen LogP contribution in [0.15, 0.2) is 6.07 Å². The quantitative estimate of drug-likeness (QED) is 0.864. The lowest BCUT2D eigenvalue weighted by Gasteiger charge is -2.31. The highest BCUT2D eigenvalue weighted by Gasteiger charge is 2.25. The number of amides is 1. The van der Waals surface area contributed by atoms with Crippen molar-refractivity contribution in [2.45, 2.75) is 20.0 Å². The second-order valence-electron chi connectivity index (χ2n) is 4.28. The van der Waals surface area contributed by atoms with Gasteiger partial charge in [-0.1, -0.05) is 0 Å². The number of aliphatic hydroxyl groups excluding tert-OH is 1. The number of aliphatic hydroxyl groups is 1. The largest absolute Gasteiger partial charge is 0.394 e. The Morgan fingerprint density at radius 1 is 1.65 bits per heavy atom. The first-order chi connectivity index (χ1) is 8.11. The lowest BCUT2D eigenvalue weighted by molar-refractivity contribution is -0.0446. The molecule has 1 atom stereocenters. The Morgan fingerprint density at radius 2 is 2.41 bits per heavy atom. The van der Waals surface area contributed by atoms with Crippen molar-refractivity contribution in [1.82, 2.24) is 4.90 Å². The average Bonchev–Trinajstić information content (AvgIpc) is 2.69. The molecule has 4 nitrogen and oxygen atoms in total. The van der Waals surface area contributed by atoms with E-state index < -0.39 is 0 Å². The molecule has 5 heteroatoms. The summed E-state index contributed by atoms with van der Waals surface area (Å²) < 4.78 is 5.33. The van der Waals surface area contributed by atoms with Gasteiger partial charge in [0.25, 0.3) is 5.91 Å². The second kappa shape index (κ2) is 5.16. The maximum atomic E-state index is 12.2. The van der Waals surface area contributed by atoms with Gasteiger partial charge in [-0.2, -0.15) is 0 Å². The van der Waals surface area contributed by atoms with E-state index >= 15 is 0 Å². The number of hydrogen-bond donors (Lipinski definition) is 1. The van der Waals surface area contributed by atoms with Crippen molar-refractivity contribution in [3.05, 3.63) is 21.4 Å². The Kier molecular flexibility index (Phi) is 3.81. The van der Waals surface area contributed by atoms with E-state index in [1.165, 1.54) is 16.2 Å². The summed E-state index contributed by atoms with van der Waals surface area (Å²) in [7, 11) is 0. The highest BCUT2D eigenvalue weighted by Crippen LogP contribution is 2.22. The lowest BCUT2D eigenvalue weighted by Crippen LogP contribution is -2.46. The molecule has 1 aliphatic rings. The minimum absolute atomic E-state index is 0.0354. The van der Waals surface area contributed by atoms with E-state index in [0.717, 1.165) is 10.4 Å². The number of aryl methyl sites for hydroxylation is 2. The fourth-order valence-corrected chi connectivity index (χ4v) is 2.85. The molecule has 0 saturated carbocycles. The molecule has 1 aromatic rings. The highest BCUT2D eigenvalue weighted by molar-refractivity contribution is 7.14. The van der Waals surface area contributed by atoms with Crippen molar-refractivity contribution >= 4 is 17.2 Å². The molecule has 1 amide bonds. The maximum Gasteiger partial charge on any atom is 0.264 e. The first-order valence-electron chi connectivity index (χ1n) is 5.70. The number of ether oxygens (including phenoxy) is 1. The number of carbonyl (C=O) groups is 1. The third-order valence-corrected chi connectivity index (χ3v) is 4.15. The van der Waals surface area contributed by atoms with E-state index in [9.17, 15) is 4.79 Å². The molecule has 2 heterocycles. The van der Waals surface area contributed by atoms with E-state index in [1.54, 1.807) is 4.90 Å². The number of carbonyl (C=O) groups excluding carboxylic acids is 1. The molecule has 0 bridgehead atoms. The SMILES string of the molecule is Cc1cc(C(=O)N2CCOC(CO)C2)sc1C. The number of nitrogens with zero attached hydrogens (tertiary/aromatic N) is 1. The maximum absolute atomic E-state index is 12.2. The van der Waals surface area contributed by atoms with Crippen LogP contribution >= 0.6 is 11.3 Å². The summed E-state index contributed by atoms with van der Waals surface area (Å²) >= 11 is 1.53. The van der Waals surface area contributed by atoms with E-state index in [1.807, 2.05) is 19.9 Å². The molecular formula is C12H17NO3S. The summed E-state index contributed by atoms with van der Waals surface area (Å²) in [6.45, 7) is 5.58. The Morgan fingerprint density at radius 3 is 3.00 bits per heavy atom. The van der Waals surface area contributed by atoms with Gasteiger partial charge < -0.3 is 14.7 Å². The molecule has 0 aromatic carbocycles. The first-order valence-corrected chi connectivity index (χ1v) is 6.52. The molecule has 1 aromatic heterocycles. The zero-order valence-corrected chi connectivity index (χ0v) is 10.9. The Hall–Kier alpha value is -0.910. The normalized spacial score (nSPS) is 20.6. The molecule has 0 spiro atoms. The van der Waals surface area contributed by atoms with Gasteiger partial charge in [0.1, 0.15) is 0 Å². The van der Waals surface area contributed by atoms with Crippen molar-refractivity contribution in [2.24, 2.45) is 0 Å². The molecule has 0 aliphatic carbocycles. The molecule has 1 saturated heterocycles. The fraction of sp³-hybridized carbons (Fsp3) is 0.583. The van der Waals surface area contributed by atoms with E-state index in [4.69, 9.17) is 9.84 Å². The van der Waals surface area contributed by atoms with Crippen molar-refractivity contribution in [3.8, 4) is 0 Å². The molecule has 1 unspecified atom stereocenters. The van der Waals surface area contributed by atoms with Gasteiger partial charge in [-0.15, -0.1) is 11.3 Å². The highest BCUT2D eigenvalue weighted by atomic mass is 32.1. The zero-order chi connectivity index (χ0) is 12.4. The van der Waals surface area contributed by atoms with Gasteiger partial charge in [0, 0.05) is 18.0 Å². The number of hydrogen-bond acceptors (Lipinski definition) is 4. The lowest BCUT2D eigenvalue weighted by atomic mass is 10.2. The van der Waals surface area contributed by atoms with Gasteiger partial charge in [0.15, 0.2) is 0 Å². The summed E-state index contributed by atoms with van der Waals surface area (Å²) in [5.74, 6) is 0.0490. The topological polar surface area (TPSA) is 49.8 Å².